The van der Waals surface area contributed by atoms with E-state index in [9.17, 15) is 0 Å². The van der Waals surface area contributed by atoms with Gasteiger partial charge in [-0.3, -0.25) is 4.99 Å². The molecule has 0 amide bonds. The number of benzene rings is 2. The molecule has 0 unspecified atom stereocenters. The Kier molecular flexibility index (Phi) is 7.59. The van der Waals surface area contributed by atoms with Crippen LogP contribution < -0.4 is 10.6 Å². The van der Waals surface area contributed by atoms with Crippen molar-refractivity contribution in [3.8, 4) is 11.1 Å². The quantitative estimate of drug-likeness (QED) is 0.457. The monoisotopic (exact) mass is 345 g/mol. The minimum atomic E-state index is 0.697. The molecule has 2 aromatic rings. The molecular formula is C19H24ClN3O. The number of hydrogen-bond acceptors (Lipinski definition) is 2. The van der Waals surface area contributed by atoms with Crippen LogP contribution in [0.25, 0.3) is 11.1 Å². The van der Waals surface area contributed by atoms with Gasteiger partial charge in [-0.05, 0) is 35.2 Å². The highest BCUT2D eigenvalue weighted by atomic mass is 35.5. The molecule has 0 fully saturated rings. The number of aliphatic imine (C=N–C) groups is 1. The zero-order valence-electron chi connectivity index (χ0n) is 14.2. The van der Waals surface area contributed by atoms with Crippen LogP contribution in [0.1, 0.15) is 12.0 Å². The van der Waals surface area contributed by atoms with Crippen LogP contribution in [0, 0.1) is 0 Å². The van der Waals surface area contributed by atoms with Crippen molar-refractivity contribution < 1.29 is 4.74 Å². The van der Waals surface area contributed by atoms with E-state index in [2.05, 4.69) is 27.8 Å². The predicted octanol–water partition coefficient (Wildman–Crippen LogP) is 3.71. The average Bonchev–Trinajstić information content (AvgIpc) is 2.62. The predicted molar refractivity (Wildman–Crippen MR) is 102 cm³/mol. The van der Waals surface area contributed by atoms with Crippen LogP contribution in [0.4, 0.5) is 0 Å². The van der Waals surface area contributed by atoms with Gasteiger partial charge in [0.15, 0.2) is 5.96 Å². The van der Waals surface area contributed by atoms with E-state index >= 15 is 0 Å². The first-order valence-electron chi connectivity index (χ1n) is 8.02. The van der Waals surface area contributed by atoms with E-state index in [1.807, 2.05) is 36.4 Å². The fraction of sp³-hybridized carbons (Fsp3) is 0.316. The van der Waals surface area contributed by atoms with E-state index in [0.29, 0.717) is 6.54 Å². The number of nitrogens with one attached hydrogen (secondary N) is 2. The van der Waals surface area contributed by atoms with Crippen molar-refractivity contribution in [1.29, 1.82) is 0 Å². The number of guanidine groups is 1. The summed E-state index contributed by atoms with van der Waals surface area (Å²) >= 11 is 5.99. The summed E-state index contributed by atoms with van der Waals surface area (Å²) in [6.07, 6.45) is 0.943. The molecule has 0 aromatic heterocycles. The Bertz CT molecular complexity index is 656. The number of hydrogen-bond donors (Lipinski definition) is 2. The number of nitrogens with zero attached hydrogens (tertiary/aromatic N) is 1. The van der Waals surface area contributed by atoms with E-state index in [1.54, 1.807) is 14.2 Å². The maximum absolute atomic E-state index is 5.99. The van der Waals surface area contributed by atoms with Crippen LogP contribution in [0.15, 0.2) is 53.5 Å². The van der Waals surface area contributed by atoms with Gasteiger partial charge in [0.05, 0.1) is 0 Å². The fourth-order valence-corrected chi connectivity index (χ4v) is 2.53. The third kappa shape index (κ3) is 5.55. The lowest BCUT2D eigenvalue weighted by molar-refractivity contribution is 0.195. The summed E-state index contributed by atoms with van der Waals surface area (Å²) in [5.74, 6) is 0.789. The molecule has 2 aromatic carbocycles. The van der Waals surface area contributed by atoms with E-state index in [0.717, 1.165) is 36.1 Å². The highest BCUT2D eigenvalue weighted by molar-refractivity contribution is 6.30. The molecule has 0 radical (unpaired) electrons. The van der Waals surface area contributed by atoms with Crippen molar-refractivity contribution >= 4 is 17.6 Å². The zero-order valence-corrected chi connectivity index (χ0v) is 14.9. The molecule has 0 spiro atoms. The SMILES string of the molecule is CN=C(NCCCOC)NCc1ccccc1-c1ccc(Cl)cc1. The second kappa shape index (κ2) is 9.96. The van der Waals surface area contributed by atoms with Crippen LogP contribution in [0.5, 0.6) is 0 Å². The fourth-order valence-electron chi connectivity index (χ4n) is 2.41. The molecule has 2 rings (SSSR count). The second-order valence-corrected chi connectivity index (χ2v) is 5.80. The van der Waals surface area contributed by atoms with Crippen molar-refractivity contribution in [3.05, 3.63) is 59.1 Å². The summed E-state index contributed by atoms with van der Waals surface area (Å²) in [6, 6.07) is 16.2. The van der Waals surface area contributed by atoms with Crippen molar-refractivity contribution in [3.63, 3.8) is 0 Å². The van der Waals surface area contributed by atoms with Crippen molar-refractivity contribution in [2.45, 2.75) is 13.0 Å². The first-order valence-corrected chi connectivity index (χ1v) is 8.39. The molecule has 0 aliphatic heterocycles. The van der Waals surface area contributed by atoms with E-state index in [-0.39, 0.29) is 0 Å². The van der Waals surface area contributed by atoms with Crippen LogP contribution in [0.2, 0.25) is 5.02 Å². The Morgan fingerprint density at radius 1 is 1.08 bits per heavy atom. The third-order valence-corrected chi connectivity index (χ3v) is 3.91. The zero-order chi connectivity index (χ0) is 17.2. The minimum Gasteiger partial charge on any atom is -0.385 e. The van der Waals surface area contributed by atoms with Gasteiger partial charge in [-0.1, -0.05) is 48.0 Å². The third-order valence-electron chi connectivity index (χ3n) is 3.66. The lowest BCUT2D eigenvalue weighted by Crippen LogP contribution is -2.37. The van der Waals surface area contributed by atoms with Crippen LogP contribution in [-0.2, 0) is 11.3 Å². The van der Waals surface area contributed by atoms with Crippen molar-refractivity contribution in [2.24, 2.45) is 4.99 Å². The highest BCUT2D eigenvalue weighted by Crippen LogP contribution is 2.25. The second-order valence-electron chi connectivity index (χ2n) is 5.36. The molecule has 4 nitrogen and oxygen atoms in total. The topological polar surface area (TPSA) is 45.7 Å². The van der Waals surface area contributed by atoms with Gasteiger partial charge in [-0.15, -0.1) is 0 Å². The van der Waals surface area contributed by atoms with Gasteiger partial charge in [0, 0.05) is 38.9 Å². The molecule has 2 N–H and O–H groups in total. The van der Waals surface area contributed by atoms with Gasteiger partial charge < -0.3 is 15.4 Å². The van der Waals surface area contributed by atoms with E-state index in [1.165, 1.54) is 11.1 Å². The summed E-state index contributed by atoms with van der Waals surface area (Å²) in [5.41, 5.74) is 3.55. The molecule has 24 heavy (non-hydrogen) atoms. The molecule has 5 heteroatoms. The largest absolute Gasteiger partial charge is 0.385 e. The lowest BCUT2D eigenvalue weighted by Gasteiger charge is -2.14. The van der Waals surface area contributed by atoms with Gasteiger partial charge in [-0.25, -0.2) is 0 Å². The molecular weight excluding hydrogens is 322 g/mol. The molecule has 0 aliphatic carbocycles. The number of ether oxygens (including phenoxy) is 1. The molecule has 0 saturated heterocycles. The highest BCUT2D eigenvalue weighted by Gasteiger charge is 2.05. The van der Waals surface area contributed by atoms with Crippen LogP contribution >= 0.6 is 11.6 Å². The van der Waals surface area contributed by atoms with Gasteiger partial charge in [-0.2, -0.15) is 0 Å². The Morgan fingerprint density at radius 3 is 2.54 bits per heavy atom. The van der Waals surface area contributed by atoms with Crippen LogP contribution in [0.3, 0.4) is 0 Å². The summed E-state index contributed by atoms with van der Waals surface area (Å²) in [7, 11) is 3.48. The molecule has 0 heterocycles. The Hall–Kier alpha value is -2.04. The van der Waals surface area contributed by atoms with Crippen LogP contribution in [-0.4, -0.2) is 33.3 Å². The Labute approximate surface area is 148 Å². The minimum absolute atomic E-state index is 0.697. The standard InChI is InChI=1S/C19H24ClN3O/c1-21-19(22-12-5-13-24-2)23-14-16-6-3-4-7-18(16)15-8-10-17(20)11-9-15/h3-4,6-11H,5,12-14H2,1-2H3,(H2,21,22,23). The smallest absolute Gasteiger partial charge is 0.191 e. The van der Waals surface area contributed by atoms with Crippen molar-refractivity contribution in [2.75, 3.05) is 27.3 Å². The molecule has 128 valence electrons. The first kappa shape index (κ1) is 18.3. The normalized spacial score (nSPS) is 11.4. The van der Waals surface area contributed by atoms with Gasteiger partial charge in [0.25, 0.3) is 0 Å². The Balaban J connectivity index is 2.01. The first-order chi connectivity index (χ1) is 11.7. The maximum atomic E-state index is 5.99. The maximum Gasteiger partial charge on any atom is 0.191 e. The molecule has 0 aliphatic rings. The summed E-state index contributed by atoms with van der Waals surface area (Å²) in [5, 5.41) is 7.38. The van der Waals surface area contributed by atoms with Gasteiger partial charge in [0.1, 0.15) is 0 Å². The van der Waals surface area contributed by atoms with E-state index in [4.69, 9.17) is 16.3 Å². The molecule has 0 saturated carbocycles. The number of methoxy groups -OCH3 is 1. The van der Waals surface area contributed by atoms with Gasteiger partial charge >= 0.3 is 0 Å². The van der Waals surface area contributed by atoms with E-state index < -0.39 is 0 Å². The van der Waals surface area contributed by atoms with Crippen molar-refractivity contribution in [1.82, 2.24) is 10.6 Å². The summed E-state index contributed by atoms with van der Waals surface area (Å²) in [4.78, 5) is 4.25. The summed E-state index contributed by atoms with van der Waals surface area (Å²) < 4.78 is 5.05. The lowest BCUT2D eigenvalue weighted by atomic mass is 10.00. The number of rotatable bonds is 7. The summed E-state index contributed by atoms with van der Waals surface area (Å²) in [6.45, 7) is 2.26. The average molecular weight is 346 g/mol. The Morgan fingerprint density at radius 2 is 1.83 bits per heavy atom. The number of halogens is 1. The molecule has 0 atom stereocenters. The molecule has 0 bridgehead atoms. The van der Waals surface area contributed by atoms with Gasteiger partial charge in [0.2, 0.25) is 0 Å².